The van der Waals surface area contributed by atoms with Crippen molar-refractivity contribution in [2.45, 2.75) is 12.5 Å². The summed E-state index contributed by atoms with van der Waals surface area (Å²) in [6.07, 6.45) is 3.15. The van der Waals surface area contributed by atoms with Crippen LogP contribution in [0.25, 0.3) is 0 Å². The molecule has 0 spiro atoms. The van der Waals surface area contributed by atoms with Gasteiger partial charge < -0.3 is 10.1 Å². The third-order valence-corrected chi connectivity index (χ3v) is 1.60. The van der Waals surface area contributed by atoms with Gasteiger partial charge in [-0.25, -0.2) is 9.37 Å². The summed E-state index contributed by atoms with van der Waals surface area (Å²) in [5.74, 6) is -1.08. The number of halogens is 2. The van der Waals surface area contributed by atoms with Crippen LogP contribution in [0.1, 0.15) is 5.69 Å². The first-order chi connectivity index (χ1) is 6.24. The van der Waals surface area contributed by atoms with Gasteiger partial charge in [-0.05, 0) is 0 Å². The Balaban J connectivity index is 0.00000169. The van der Waals surface area contributed by atoms with Gasteiger partial charge in [-0.1, -0.05) is 0 Å². The largest absolute Gasteiger partial charge is 0.480 e. The molecular weight excluding hydrogens is 213 g/mol. The third kappa shape index (κ3) is 3.71. The number of imidazole rings is 1. The SMILES string of the molecule is Cl.O=C(O)[C@H](Cc1cnc[nH]1)NCF. The fourth-order valence-electron chi connectivity index (χ4n) is 0.956. The van der Waals surface area contributed by atoms with E-state index in [2.05, 4.69) is 15.3 Å². The smallest absolute Gasteiger partial charge is 0.321 e. The molecule has 0 unspecified atom stereocenters. The lowest BCUT2D eigenvalue weighted by atomic mass is 10.2. The molecule has 1 heterocycles. The van der Waals surface area contributed by atoms with E-state index in [1.54, 1.807) is 0 Å². The van der Waals surface area contributed by atoms with E-state index in [0.717, 1.165) is 0 Å². The standard InChI is InChI=1S/C7H10FN3O2.ClH/c8-3-10-6(7(12)13)1-5-2-9-4-11-5;/h2,4,6,10H,1,3H2,(H,9,11)(H,12,13);1H/t6-;/m0./s1. The molecule has 0 saturated carbocycles. The lowest BCUT2D eigenvalue weighted by Crippen LogP contribution is -2.38. The van der Waals surface area contributed by atoms with Crippen molar-refractivity contribution in [1.82, 2.24) is 15.3 Å². The minimum absolute atomic E-state index is 0. The highest BCUT2D eigenvalue weighted by molar-refractivity contribution is 5.85. The van der Waals surface area contributed by atoms with Crippen molar-refractivity contribution < 1.29 is 14.3 Å². The summed E-state index contributed by atoms with van der Waals surface area (Å²) in [6, 6.07) is -0.912. The number of carboxylic acid groups (broad SMARTS) is 1. The van der Waals surface area contributed by atoms with Crippen LogP contribution in [-0.4, -0.2) is 33.9 Å². The lowest BCUT2D eigenvalue weighted by Gasteiger charge is -2.09. The Bertz CT molecular complexity index is 268. The summed E-state index contributed by atoms with van der Waals surface area (Å²) in [7, 11) is 0. The van der Waals surface area contributed by atoms with Crippen LogP contribution in [0.2, 0.25) is 0 Å². The number of hydrogen-bond donors (Lipinski definition) is 3. The number of H-pyrrole nitrogens is 1. The van der Waals surface area contributed by atoms with Gasteiger partial charge in [0.15, 0.2) is 0 Å². The number of aromatic amines is 1. The van der Waals surface area contributed by atoms with Crippen molar-refractivity contribution in [3.05, 3.63) is 18.2 Å². The molecule has 0 fully saturated rings. The molecule has 1 aromatic rings. The van der Waals surface area contributed by atoms with Gasteiger partial charge in [0.05, 0.1) is 6.33 Å². The van der Waals surface area contributed by atoms with Crippen LogP contribution in [-0.2, 0) is 11.2 Å². The Labute approximate surface area is 86.1 Å². The highest BCUT2D eigenvalue weighted by Gasteiger charge is 2.17. The highest BCUT2D eigenvalue weighted by atomic mass is 35.5. The van der Waals surface area contributed by atoms with Gasteiger partial charge in [-0.2, -0.15) is 0 Å². The fourth-order valence-corrected chi connectivity index (χ4v) is 0.956. The van der Waals surface area contributed by atoms with Crippen molar-refractivity contribution >= 4 is 18.4 Å². The summed E-state index contributed by atoms with van der Waals surface area (Å²) in [5, 5.41) is 10.8. The number of alkyl halides is 1. The number of nitrogens with zero attached hydrogens (tertiary/aromatic N) is 1. The van der Waals surface area contributed by atoms with Gasteiger partial charge in [0.2, 0.25) is 0 Å². The molecule has 1 atom stereocenters. The van der Waals surface area contributed by atoms with Crippen LogP contribution in [0.4, 0.5) is 4.39 Å². The van der Waals surface area contributed by atoms with Gasteiger partial charge in [0.1, 0.15) is 12.8 Å². The van der Waals surface area contributed by atoms with E-state index >= 15 is 0 Å². The average Bonchev–Trinajstić information content (AvgIpc) is 2.56. The van der Waals surface area contributed by atoms with E-state index < -0.39 is 18.8 Å². The minimum Gasteiger partial charge on any atom is -0.480 e. The van der Waals surface area contributed by atoms with E-state index in [4.69, 9.17) is 5.11 Å². The number of carboxylic acids is 1. The monoisotopic (exact) mass is 223 g/mol. The maximum atomic E-state index is 11.8. The number of rotatable bonds is 5. The maximum Gasteiger partial charge on any atom is 0.321 e. The second-order valence-corrected chi connectivity index (χ2v) is 2.51. The van der Waals surface area contributed by atoms with E-state index in [1.165, 1.54) is 12.5 Å². The van der Waals surface area contributed by atoms with Crippen LogP contribution in [0.5, 0.6) is 0 Å². The third-order valence-electron chi connectivity index (χ3n) is 1.60. The maximum absolute atomic E-state index is 11.8. The topological polar surface area (TPSA) is 78.0 Å². The van der Waals surface area contributed by atoms with E-state index in [1.807, 2.05) is 0 Å². The number of aliphatic carboxylic acids is 1. The minimum atomic E-state index is -1.08. The van der Waals surface area contributed by atoms with Crippen LogP contribution in [0.3, 0.4) is 0 Å². The molecule has 0 saturated heterocycles. The summed E-state index contributed by atoms with van der Waals surface area (Å²) in [6.45, 7) is -0.856. The van der Waals surface area contributed by atoms with Crippen LogP contribution >= 0.6 is 12.4 Å². The van der Waals surface area contributed by atoms with Crippen molar-refractivity contribution in [3.63, 3.8) is 0 Å². The predicted molar refractivity (Wildman–Crippen MR) is 50.1 cm³/mol. The molecule has 14 heavy (non-hydrogen) atoms. The molecule has 0 aliphatic carbocycles. The zero-order chi connectivity index (χ0) is 9.68. The second kappa shape index (κ2) is 6.33. The summed E-state index contributed by atoms with van der Waals surface area (Å²) >= 11 is 0. The first-order valence-corrected chi connectivity index (χ1v) is 3.73. The van der Waals surface area contributed by atoms with Gasteiger partial charge in [0, 0.05) is 18.3 Å². The van der Waals surface area contributed by atoms with Crippen LogP contribution in [0.15, 0.2) is 12.5 Å². The van der Waals surface area contributed by atoms with Crippen LogP contribution in [0, 0.1) is 0 Å². The first kappa shape index (κ1) is 12.9. The van der Waals surface area contributed by atoms with E-state index in [9.17, 15) is 9.18 Å². The average molecular weight is 224 g/mol. The summed E-state index contributed by atoms with van der Waals surface area (Å²) in [4.78, 5) is 17.0. The Hall–Kier alpha value is -1.14. The molecule has 80 valence electrons. The second-order valence-electron chi connectivity index (χ2n) is 2.51. The zero-order valence-corrected chi connectivity index (χ0v) is 8.05. The molecule has 0 aliphatic rings. The predicted octanol–water partition coefficient (Wildman–Crippen LogP) is 0.344. The molecule has 0 amide bonds. The molecule has 0 aromatic carbocycles. The molecular formula is C7H11ClFN3O2. The Kier molecular flexibility index (Phi) is 5.82. The molecule has 7 heteroatoms. The van der Waals surface area contributed by atoms with Crippen molar-refractivity contribution in [2.24, 2.45) is 0 Å². The molecule has 3 N–H and O–H groups in total. The number of carbonyl (C=O) groups is 1. The molecule has 0 bridgehead atoms. The first-order valence-electron chi connectivity index (χ1n) is 3.73. The molecule has 0 aliphatic heterocycles. The summed E-state index contributed by atoms with van der Waals surface area (Å²) < 4.78 is 11.8. The Morgan fingerprint density at radius 3 is 2.93 bits per heavy atom. The normalized spacial score (nSPS) is 11.8. The molecule has 1 aromatic heterocycles. The zero-order valence-electron chi connectivity index (χ0n) is 7.24. The summed E-state index contributed by atoms with van der Waals surface area (Å²) in [5.41, 5.74) is 0.661. The van der Waals surface area contributed by atoms with Crippen LogP contribution < -0.4 is 5.32 Å². The number of nitrogens with one attached hydrogen (secondary N) is 2. The Morgan fingerprint density at radius 1 is 1.79 bits per heavy atom. The number of hydrogen-bond acceptors (Lipinski definition) is 3. The fraction of sp³-hybridized carbons (Fsp3) is 0.429. The van der Waals surface area contributed by atoms with Gasteiger partial charge >= 0.3 is 5.97 Å². The Morgan fingerprint density at radius 2 is 2.50 bits per heavy atom. The lowest BCUT2D eigenvalue weighted by molar-refractivity contribution is -0.139. The van der Waals surface area contributed by atoms with Gasteiger partial charge in [-0.3, -0.25) is 10.1 Å². The highest BCUT2D eigenvalue weighted by Crippen LogP contribution is 1.98. The quantitative estimate of drug-likeness (QED) is 0.630. The number of aromatic nitrogens is 2. The van der Waals surface area contributed by atoms with Crippen molar-refractivity contribution in [3.8, 4) is 0 Å². The van der Waals surface area contributed by atoms with Crippen molar-refractivity contribution in [1.29, 1.82) is 0 Å². The van der Waals surface area contributed by atoms with Crippen molar-refractivity contribution in [2.75, 3.05) is 6.80 Å². The van der Waals surface area contributed by atoms with E-state index in [0.29, 0.717) is 5.69 Å². The molecule has 1 rings (SSSR count). The van der Waals surface area contributed by atoms with Gasteiger partial charge in [0.25, 0.3) is 0 Å². The van der Waals surface area contributed by atoms with E-state index in [-0.39, 0.29) is 18.8 Å². The van der Waals surface area contributed by atoms with Gasteiger partial charge in [-0.15, -0.1) is 12.4 Å². The molecule has 5 nitrogen and oxygen atoms in total. The molecule has 0 radical (unpaired) electrons.